The summed E-state index contributed by atoms with van der Waals surface area (Å²) in [6.45, 7) is 3.52. The molecule has 0 aliphatic rings. The van der Waals surface area contributed by atoms with Gasteiger partial charge >= 0.3 is 0 Å². The number of benzene rings is 1. The largest absolute Gasteiger partial charge is 0.326 e. The molecule has 0 saturated carbocycles. The van der Waals surface area contributed by atoms with Gasteiger partial charge in [-0.3, -0.25) is 4.79 Å². The average molecular weight is 416 g/mol. The van der Waals surface area contributed by atoms with Crippen molar-refractivity contribution in [3.63, 3.8) is 0 Å². The number of pyridine rings is 1. The van der Waals surface area contributed by atoms with Crippen LogP contribution in [0.3, 0.4) is 0 Å². The SMILES string of the molecule is Cc1cc(Cl)c(CC(=O)Nc2cc(S(=O)(=O)N(C)C)ccc2C)c(Cl)n1. The summed E-state index contributed by atoms with van der Waals surface area (Å²) in [5.74, 6) is -0.373. The number of halogens is 2. The van der Waals surface area contributed by atoms with Crippen LogP contribution in [0.1, 0.15) is 16.8 Å². The van der Waals surface area contributed by atoms with Crippen molar-refractivity contribution in [3.05, 3.63) is 51.3 Å². The van der Waals surface area contributed by atoms with Gasteiger partial charge in [0.25, 0.3) is 0 Å². The number of rotatable bonds is 5. The molecule has 0 unspecified atom stereocenters. The van der Waals surface area contributed by atoms with Crippen molar-refractivity contribution >= 4 is 44.8 Å². The monoisotopic (exact) mass is 415 g/mol. The summed E-state index contributed by atoms with van der Waals surface area (Å²) in [7, 11) is -0.707. The van der Waals surface area contributed by atoms with Crippen LogP contribution in [0.2, 0.25) is 10.2 Å². The minimum absolute atomic E-state index is 0.0744. The summed E-state index contributed by atoms with van der Waals surface area (Å²) in [6, 6.07) is 6.20. The first kappa shape index (κ1) is 20.6. The lowest BCUT2D eigenvalue weighted by Crippen LogP contribution is -2.23. The Kier molecular flexibility index (Phi) is 6.29. The van der Waals surface area contributed by atoms with Gasteiger partial charge in [-0.25, -0.2) is 17.7 Å². The predicted octanol–water partition coefficient (Wildman–Crippen LogP) is 3.44. The van der Waals surface area contributed by atoms with Gasteiger partial charge in [-0.1, -0.05) is 29.3 Å². The quantitative estimate of drug-likeness (QED) is 0.758. The summed E-state index contributed by atoms with van der Waals surface area (Å²) in [5.41, 5.74) is 2.22. The molecule has 1 heterocycles. The lowest BCUT2D eigenvalue weighted by molar-refractivity contribution is -0.115. The zero-order valence-corrected chi connectivity index (χ0v) is 17.1. The van der Waals surface area contributed by atoms with E-state index in [1.807, 2.05) is 0 Å². The highest BCUT2D eigenvalue weighted by Crippen LogP contribution is 2.26. The molecule has 9 heteroatoms. The number of nitrogens with zero attached hydrogens (tertiary/aromatic N) is 2. The second-order valence-electron chi connectivity index (χ2n) is 6.00. The fourth-order valence-electron chi connectivity index (χ4n) is 2.24. The van der Waals surface area contributed by atoms with Crippen LogP contribution in [0, 0.1) is 13.8 Å². The Morgan fingerprint density at radius 1 is 1.19 bits per heavy atom. The molecule has 1 amide bonds. The fourth-order valence-corrected chi connectivity index (χ4v) is 3.84. The third kappa shape index (κ3) is 4.54. The molecule has 0 atom stereocenters. The van der Waals surface area contributed by atoms with Crippen molar-refractivity contribution in [2.24, 2.45) is 0 Å². The summed E-state index contributed by atoms with van der Waals surface area (Å²) in [4.78, 5) is 16.6. The Hall–Kier alpha value is -1.67. The molecule has 140 valence electrons. The van der Waals surface area contributed by atoms with Crippen LogP contribution in [0.4, 0.5) is 5.69 Å². The highest BCUT2D eigenvalue weighted by Gasteiger charge is 2.19. The van der Waals surface area contributed by atoms with Crippen molar-refractivity contribution < 1.29 is 13.2 Å². The van der Waals surface area contributed by atoms with Crippen molar-refractivity contribution in [1.29, 1.82) is 0 Å². The molecule has 0 radical (unpaired) electrons. The molecule has 1 N–H and O–H groups in total. The summed E-state index contributed by atoms with van der Waals surface area (Å²) in [5, 5.41) is 3.24. The molecule has 1 aromatic carbocycles. The second kappa shape index (κ2) is 7.92. The molecule has 26 heavy (non-hydrogen) atoms. The van der Waals surface area contributed by atoms with Gasteiger partial charge in [-0.05, 0) is 37.6 Å². The third-order valence-corrected chi connectivity index (χ3v) is 6.21. The van der Waals surface area contributed by atoms with E-state index in [4.69, 9.17) is 23.2 Å². The molecular weight excluding hydrogens is 397 g/mol. The number of hydrogen-bond acceptors (Lipinski definition) is 4. The Morgan fingerprint density at radius 2 is 1.85 bits per heavy atom. The van der Waals surface area contributed by atoms with Crippen molar-refractivity contribution in [2.45, 2.75) is 25.2 Å². The topological polar surface area (TPSA) is 79.4 Å². The predicted molar refractivity (Wildman–Crippen MR) is 103 cm³/mol. The Labute approximate surface area is 163 Å². The highest BCUT2D eigenvalue weighted by molar-refractivity contribution is 7.89. The van der Waals surface area contributed by atoms with E-state index in [0.717, 1.165) is 9.87 Å². The standard InChI is InChI=1S/C17H19Cl2N3O3S/c1-10-5-6-12(26(24,25)22(3)4)8-15(10)21-16(23)9-13-14(18)7-11(2)20-17(13)19/h5-8H,9H2,1-4H3,(H,21,23). The van der Waals surface area contributed by atoms with Gasteiger partial charge in [0, 0.05) is 36.1 Å². The number of carbonyl (C=O) groups excluding carboxylic acids is 1. The number of hydrogen-bond donors (Lipinski definition) is 1. The Balaban J connectivity index is 2.27. The van der Waals surface area contributed by atoms with Crippen LogP contribution in [0.15, 0.2) is 29.2 Å². The average Bonchev–Trinajstić information content (AvgIpc) is 2.52. The van der Waals surface area contributed by atoms with Crippen LogP contribution < -0.4 is 5.32 Å². The van der Waals surface area contributed by atoms with Gasteiger partial charge in [0.2, 0.25) is 15.9 Å². The van der Waals surface area contributed by atoms with E-state index in [2.05, 4.69) is 10.3 Å². The zero-order valence-electron chi connectivity index (χ0n) is 14.8. The Bertz CT molecular complexity index is 937. The minimum atomic E-state index is -3.60. The molecule has 0 aliphatic carbocycles. The third-order valence-electron chi connectivity index (χ3n) is 3.75. The van der Waals surface area contributed by atoms with Gasteiger partial charge in [0.15, 0.2) is 0 Å². The molecule has 2 aromatic rings. The first-order valence-corrected chi connectivity index (χ1v) is 9.86. The number of aromatic nitrogens is 1. The van der Waals surface area contributed by atoms with Gasteiger partial charge in [0.05, 0.1) is 11.3 Å². The molecule has 1 aromatic heterocycles. The summed E-state index contributed by atoms with van der Waals surface area (Å²) in [6.07, 6.45) is -0.0744. The molecule has 0 aliphatic heterocycles. The van der Waals surface area contributed by atoms with Crippen LogP contribution in [0.25, 0.3) is 0 Å². The Morgan fingerprint density at radius 3 is 2.42 bits per heavy atom. The van der Waals surface area contributed by atoms with Gasteiger partial charge in [-0.15, -0.1) is 0 Å². The maximum Gasteiger partial charge on any atom is 0.242 e. The van der Waals surface area contributed by atoms with Crippen molar-refractivity contribution in [1.82, 2.24) is 9.29 Å². The first-order valence-electron chi connectivity index (χ1n) is 7.67. The second-order valence-corrected chi connectivity index (χ2v) is 8.92. The summed E-state index contributed by atoms with van der Waals surface area (Å²) >= 11 is 12.2. The molecule has 2 rings (SSSR count). The van der Waals surface area contributed by atoms with E-state index in [-0.39, 0.29) is 22.4 Å². The lowest BCUT2D eigenvalue weighted by Gasteiger charge is -2.15. The van der Waals surface area contributed by atoms with Gasteiger partial charge < -0.3 is 5.32 Å². The number of aryl methyl sites for hydroxylation is 2. The maximum absolute atomic E-state index is 12.4. The van der Waals surface area contributed by atoms with Crippen LogP contribution >= 0.6 is 23.2 Å². The van der Waals surface area contributed by atoms with Gasteiger partial charge in [0.1, 0.15) is 5.15 Å². The molecule has 0 bridgehead atoms. The number of amides is 1. The summed E-state index contributed by atoms with van der Waals surface area (Å²) < 4.78 is 25.6. The fraction of sp³-hybridized carbons (Fsp3) is 0.294. The zero-order chi connectivity index (χ0) is 19.6. The van der Waals surface area contributed by atoms with Crippen molar-refractivity contribution in [3.8, 4) is 0 Å². The van der Waals surface area contributed by atoms with E-state index in [1.54, 1.807) is 26.0 Å². The lowest BCUT2D eigenvalue weighted by atomic mass is 10.1. The number of carbonyl (C=O) groups is 1. The number of anilines is 1. The van der Waals surface area contributed by atoms with E-state index in [0.29, 0.717) is 22.0 Å². The molecule has 0 fully saturated rings. The first-order chi connectivity index (χ1) is 12.0. The number of sulfonamides is 1. The number of nitrogens with one attached hydrogen (secondary N) is 1. The highest BCUT2D eigenvalue weighted by atomic mass is 35.5. The maximum atomic E-state index is 12.4. The molecule has 6 nitrogen and oxygen atoms in total. The van der Waals surface area contributed by atoms with Crippen molar-refractivity contribution in [2.75, 3.05) is 19.4 Å². The molecular formula is C17H19Cl2N3O3S. The van der Waals surface area contributed by atoms with E-state index < -0.39 is 10.0 Å². The van der Waals surface area contributed by atoms with Crippen LogP contribution in [0.5, 0.6) is 0 Å². The molecule has 0 spiro atoms. The van der Waals surface area contributed by atoms with E-state index in [1.165, 1.54) is 26.2 Å². The molecule has 0 saturated heterocycles. The normalized spacial score (nSPS) is 11.7. The van der Waals surface area contributed by atoms with E-state index in [9.17, 15) is 13.2 Å². The smallest absolute Gasteiger partial charge is 0.242 e. The van der Waals surface area contributed by atoms with E-state index >= 15 is 0 Å². The minimum Gasteiger partial charge on any atom is -0.326 e. The van der Waals surface area contributed by atoms with Gasteiger partial charge in [-0.2, -0.15) is 0 Å². The van der Waals surface area contributed by atoms with Crippen LogP contribution in [-0.2, 0) is 21.2 Å². The van der Waals surface area contributed by atoms with Crippen LogP contribution in [-0.4, -0.2) is 37.7 Å².